The third kappa shape index (κ3) is 5.53. The minimum atomic E-state index is -0.990. The summed E-state index contributed by atoms with van der Waals surface area (Å²) >= 11 is 0. The highest BCUT2D eigenvalue weighted by atomic mass is 19.1. The van der Waals surface area contributed by atoms with Gasteiger partial charge in [0.25, 0.3) is 0 Å². The van der Waals surface area contributed by atoms with Crippen LogP contribution in [0.4, 0.5) is 10.1 Å². The van der Waals surface area contributed by atoms with Crippen LogP contribution in [0, 0.1) is 5.82 Å². The molecule has 1 amide bonds. The summed E-state index contributed by atoms with van der Waals surface area (Å²) in [6.45, 7) is 14.5. The van der Waals surface area contributed by atoms with Crippen LogP contribution >= 0.6 is 0 Å². The van der Waals surface area contributed by atoms with Crippen LogP contribution in [-0.2, 0) is 27.0 Å². The number of rotatable bonds is 7. The first-order valence-corrected chi connectivity index (χ1v) is 16.0. The summed E-state index contributed by atoms with van der Waals surface area (Å²) in [6, 6.07) is 9.43. The van der Waals surface area contributed by atoms with Crippen molar-refractivity contribution >= 4 is 17.2 Å². The molecule has 236 valence electrons. The molecule has 3 aromatic rings. The molecule has 1 aromatic carbocycles. The number of carbonyl (C=O) groups excluding carboxylic acids is 1. The number of morpholine rings is 1. The predicted octanol–water partition coefficient (Wildman–Crippen LogP) is 2.45. The maximum Gasteiger partial charge on any atom is 0.241 e. The molecule has 2 saturated heterocycles. The maximum atomic E-state index is 14.3. The highest BCUT2D eigenvalue weighted by Gasteiger charge is 2.48. The standard InChI is InChI=1S/C33H44FN7O3/c1-21-16-39(26(15-35-21)17-38-11-12-44-19-22(38)2)18-28(42)40-20-32(3,4)29-27(40)14-24(13-23-5-7-25(34)8-6-23)30-36-31(37-41(29)30)33(43)9-10-33/h5-8,14,21-22,26,35,43H,9-13,15-20H2,1-4H3/t21-,22-,26-/m1/s1. The lowest BCUT2D eigenvalue weighted by Crippen LogP contribution is -2.62. The summed E-state index contributed by atoms with van der Waals surface area (Å²) in [6.07, 6.45) is 1.78. The van der Waals surface area contributed by atoms with Crippen molar-refractivity contribution in [2.45, 2.75) is 76.1 Å². The molecule has 11 heteroatoms. The van der Waals surface area contributed by atoms with Crippen molar-refractivity contribution in [2.75, 3.05) is 57.4 Å². The molecular weight excluding hydrogens is 561 g/mol. The molecule has 2 N–H and O–H groups in total. The van der Waals surface area contributed by atoms with E-state index in [2.05, 4.69) is 48.9 Å². The minimum Gasteiger partial charge on any atom is -0.382 e. The van der Waals surface area contributed by atoms with Crippen LogP contribution in [0.25, 0.3) is 5.65 Å². The van der Waals surface area contributed by atoms with Crippen molar-refractivity contribution in [3.8, 4) is 0 Å². The van der Waals surface area contributed by atoms with E-state index in [1.54, 1.807) is 12.1 Å². The van der Waals surface area contributed by atoms with Gasteiger partial charge in [-0.05, 0) is 50.5 Å². The third-order valence-electron chi connectivity index (χ3n) is 9.91. The van der Waals surface area contributed by atoms with Gasteiger partial charge in [-0.2, -0.15) is 0 Å². The number of benzene rings is 1. The molecule has 3 atom stereocenters. The van der Waals surface area contributed by atoms with Gasteiger partial charge in [-0.15, -0.1) is 5.10 Å². The van der Waals surface area contributed by atoms with Crippen molar-refractivity contribution in [2.24, 2.45) is 0 Å². The molecular formula is C33H44FN7O3. The molecule has 2 aromatic heterocycles. The van der Waals surface area contributed by atoms with E-state index in [9.17, 15) is 14.3 Å². The Morgan fingerprint density at radius 2 is 1.95 bits per heavy atom. The number of carbonyl (C=O) groups is 1. The van der Waals surface area contributed by atoms with E-state index in [0.29, 0.717) is 55.9 Å². The second-order valence-electron chi connectivity index (χ2n) is 14.1. The molecule has 5 heterocycles. The van der Waals surface area contributed by atoms with E-state index < -0.39 is 5.60 Å². The normalized spacial score (nSPS) is 26.7. The van der Waals surface area contributed by atoms with Crippen LogP contribution in [0.3, 0.4) is 0 Å². The Kier molecular flexibility index (Phi) is 7.52. The zero-order chi connectivity index (χ0) is 30.8. The fraction of sp³-hybridized carbons (Fsp3) is 0.606. The first-order valence-electron chi connectivity index (χ1n) is 16.0. The second kappa shape index (κ2) is 11.1. The first-order chi connectivity index (χ1) is 21.0. The van der Waals surface area contributed by atoms with E-state index in [1.165, 1.54) is 12.1 Å². The monoisotopic (exact) mass is 605 g/mol. The van der Waals surface area contributed by atoms with E-state index in [4.69, 9.17) is 14.8 Å². The number of hydrogen-bond acceptors (Lipinski definition) is 8. The second-order valence-corrected chi connectivity index (χ2v) is 14.1. The Hall–Kier alpha value is -2.96. The number of ether oxygens (including phenoxy) is 1. The van der Waals surface area contributed by atoms with Gasteiger partial charge in [0.15, 0.2) is 11.5 Å². The number of nitrogens with zero attached hydrogens (tertiary/aromatic N) is 6. The predicted molar refractivity (Wildman–Crippen MR) is 165 cm³/mol. The number of piperazine rings is 1. The summed E-state index contributed by atoms with van der Waals surface area (Å²) in [7, 11) is 0. The maximum absolute atomic E-state index is 14.3. The van der Waals surface area contributed by atoms with E-state index >= 15 is 0 Å². The van der Waals surface area contributed by atoms with E-state index in [-0.39, 0.29) is 23.2 Å². The quantitative estimate of drug-likeness (QED) is 0.424. The fourth-order valence-corrected chi connectivity index (χ4v) is 7.16. The summed E-state index contributed by atoms with van der Waals surface area (Å²) in [5, 5.41) is 19.4. The molecule has 1 saturated carbocycles. The molecule has 0 radical (unpaired) electrons. The summed E-state index contributed by atoms with van der Waals surface area (Å²) in [4.78, 5) is 25.9. The van der Waals surface area contributed by atoms with Gasteiger partial charge < -0.3 is 20.1 Å². The highest BCUT2D eigenvalue weighted by molar-refractivity contribution is 5.97. The van der Waals surface area contributed by atoms with Crippen LogP contribution in [0.5, 0.6) is 0 Å². The first kappa shape index (κ1) is 29.7. The lowest BCUT2D eigenvalue weighted by molar-refractivity contribution is -0.121. The average Bonchev–Trinajstić information content (AvgIpc) is 3.46. The third-order valence-corrected chi connectivity index (χ3v) is 9.91. The number of anilines is 1. The largest absolute Gasteiger partial charge is 0.382 e. The van der Waals surface area contributed by atoms with Crippen LogP contribution < -0.4 is 10.2 Å². The van der Waals surface area contributed by atoms with Crippen LogP contribution in [-0.4, -0.2) is 106 Å². The van der Waals surface area contributed by atoms with E-state index in [0.717, 1.165) is 61.9 Å². The van der Waals surface area contributed by atoms with Gasteiger partial charge in [-0.3, -0.25) is 14.6 Å². The lowest BCUT2D eigenvalue weighted by atomic mass is 9.90. The lowest BCUT2D eigenvalue weighted by Gasteiger charge is -2.43. The van der Waals surface area contributed by atoms with Gasteiger partial charge in [-0.1, -0.05) is 26.0 Å². The van der Waals surface area contributed by atoms with Crippen molar-refractivity contribution in [1.29, 1.82) is 0 Å². The Labute approximate surface area is 258 Å². The number of nitrogens with one attached hydrogen (secondary N) is 1. The molecule has 44 heavy (non-hydrogen) atoms. The number of hydrogen-bond donors (Lipinski definition) is 2. The number of halogens is 1. The number of amides is 1. The Balaban J connectivity index is 1.22. The minimum absolute atomic E-state index is 0.0687. The number of aliphatic hydroxyl groups is 1. The molecule has 1 aliphatic carbocycles. The summed E-state index contributed by atoms with van der Waals surface area (Å²) in [5.41, 5.74) is 2.91. The SMILES string of the molecule is C[C@@H]1CN(CC(=O)N2CC(C)(C)c3c2cc(Cc2ccc(F)cc2)c2nc(C4(O)CC4)nn32)[C@@H](CN2CCOC[C@H]2C)CN1. The highest BCUT2D eigenvalue weighted by Crippen LogP contribution is 2.46. The molecule has 7 rings (SSSR count). The van der Waals surface area contributed by atoms with Crippen molar-refractivity contribution in [1.82, 2.24) is 29.7 Å². The Morgan fingerprint density at radius 3 is 2.68 bits per heavy atom. The van der Waals surface area contributed by atoms with Crippen LogP contribution in [0.1, 0.15) is 63.2 Å². The van der Waals surface area contributed by atoms with Gasteiger partial charge in [0.2, 0.25) is 5.91 Å². The van der Waals surface area contributed by atoms with Crippen LogP contribution in [0.2, 0.25) is 0 Å². The average molecular weight is 606 g/mol. The molecule has 0 unspecified atom stereocenters. The molecule has 3 aliphatic heterocycles. The summed E-state index contributed by atoms with van der Waals surface area (Å²) < 4.78 is 21.2. The molecule has 3 fully saturated rings. The van der Waals surface area contributed by atoms with Gasteiger partial charge in [-0.25, -0.2) is 13.9 Å². The Morgan fingerprint density at radius 1 is 1.18 bits per heavy atom. The van der Waals surface area contributed by atoms with Crippen molar-refractivity contribution in [3.63, 3.8) is 0 Å². The zero-order valence-electron chi connectivity index (χ0n) is 26.2. The smallest absolute Gasteiger partial charge is 0.241 e. The summed E-state index contributed by atoms with van der Waals surface area (Å²) in [5.74, 6) is 0.219. The van der Waals surface area contributed by atoms with Crippen molar-refractivity contribution in [3.05, 3.63) is 58.8 Å². The van der Waals surface area contributed by atoms with Gasteiger partial charge >= 0.3 is 0 Å². The number of pyridine rings is 1. The molecule has 4 aliphatic rings. The van der Waals surface area contributed by atoms with E-state index in [1.807, 2.05) is 9.42 Å². The number of aromatic nitrogens is 3. The topological polar surface area (TPSA) is 98.5 Å². The van der Waals surface area contributed by atoms with Gasteiger partial charge in [0, 0.05) is 68.2 Å². The molecule has 0 spiro atoms. The van der Waals surface area contributed by atoms with Gasteiger partial charge in [0.05, 0.1) is 31.1 Å². The number of fused-ring (bicyclic) bond motifs is 3. The molecule has 0 bridgehead atoms. The fourth-order valence-electron chi connectivity index (χ4n) is 7.16. The van der Waals surface area contributed by atoms with Crippen molar-refractivity contribution < 1.29 is 19.0 Å². The zero-order valence-corrected chi connectivity index (χ0v) is 26.2. The van der Waals surface area contributed by atoms with Gasteiger partial charge in [0.1, 0.15) is 11.4 Å². The Bertz CT molecular complexity index is 1550. The molecule has 10 nitrogen and oxygen atoms in total. The van der Waals surface area contributed by atoms with Crippen LogP contribution in [0.15, 0.2) is 30.3 Å².